The number of aryl methyl sites for hydroxylation is 1. The van der Waals surface area contributed by atoms with Gasteiger partial charge in [0.2, 0.25) is 0 Å². The van der Waals surface area contributed by atoms with E-state index in [0.717, 1.165) is 26.9 Å². The van der Waals surface area contributed by atoms with Gasteiger partial charge in [-0.2, -0.15) is 0 Å². The minimum absolute atomic E-state index is 0.0962. The molecule has 0 aromatic heterocycles. The van der Waals surface area contributed by atoms with E-state index in [1.165, 1.54) is 5.56 Å². The van der Waals surface area contributed by atoms with Crippen LogP contribution >= 0.6 is 27.5 Å². The zero-order valence-corrected chi connectivity index (χ0v) is 17.7. The maximum absolute atomic E-state index is 10.4. The van der Waals surface area contributed by atoms with Crippen LogP contribution in [-0.2, 0) is 0 Å². The first kappa shape index (κ1) is 19.2. The SMILES string of the molecule is Cc1ccc(C2=N[C@H](c3ccc(Br)cc3)N[C@@H](c3cc(Cl)ccc3O)C2)cc1. The molecule has 1 heterocycles. The zero-order valence-electron chi connectivity index (χ0n) is 15.4. The summed E-state index contributed by atoms with van der Waals surface area (Å²) in [6, 6.07) is 21.6. The van der Waals surface area contributed by atoms with Crippen molar-refractivity contribution in [2.75, 3.05) is 0 Å². The van der Waals surface area contributed by atoms with Gasteiger partial charge in [0.05, 0.1) is 0 Å². The van der Waals surface area contributed by atoms with E-state index >= 15 is 0 Å². The first-order valence-corrected chi connectivity index (χ1v) is 10.3. The van der Waals surface area contributed by atoms with Gasteiger partial charge in [-0.05, 0) is 48.4 Å². The molecule has 1 aliphatic heterocycles. The Morgan fingerprint density at radius 3 is 2.46 bits per heavy atom. The van der Waals surface area contributed by atoms with Gasteiger partial charge in [0.15, 0.2) is 0 Å². The van der Waals surface area contributed by atoms with Crippen LogP contribution in [-0.4, -0.2) is 10.8 Å². The molecule has 0 fully saturated rings. The van der Waals surface area contributed by atoms with Gasteiger partial charge < -0.3 is 5.11 Å². The van der Waals surface area contributed by atoms with E-state index in [-0.39, 0.29) is 18.0 Å². The van der Waals surface area contributed by atoms with Crippen molar-refractivity contribution in [1.29, 1.82) is 0 Å². The summed E-state index contributed by atoms with van der Waals surface area (Å²) in [6.45, 7) is 2.07. The Labute approximate surface area is 178 Å². The number of benzene rings is 3. The maximum atomic E-state index is 10.4. The van der Waals surface area contributed by atoms with Crippen molar-refractivity contribution in [2.24, 2.45) is 4.99 Å². The monoisotopic (exact) mass is 454 g/mol. The quantitative estimate of drug-likeness (QED) is 0.484. The van der Waals surface area contributed by atoms with E-state index in [2.05, 4.69) is 64.6 Å². The van der Waals surface area contributed by atoms with E-state index in [0.29, 0.717) is 11.4 Å². The number of phenols is 1. The number of hydrogen-bond acceptors (Lipinski definition) is 3. The molecule has 3 aromatic rings. The molecule has 0 spiro atoms. The zero-order chi connectivity index (χ0) is 19.7. The van der Waals surface area contributed by atoms with Crippen molar-refractivity contribution in [3.05, 3.63) is 98.5 Å². The maximum Gasteiger partial charge on any atom is 0.126 e. The summed E-state index contributed by atoms with van der Waals surface area (Å²) in [4.78, 5) is 4.99. The minimum atomic E-state index is -0.207. The van der Waals surface area contributed by atoms with E-state index < -0.39 is 0 Å². The Kier molecular flexibility index (Phi) is 5.54. The third-order valence-corrected chi connectivity index (χ3v) is 5.74. The molecular formula is C23H20BrClN2O. The minimum Gasteiger partial charge on any atom is -0.508 e. The van der Waals surface area contributed by atoms with Crippen LogP contribution in [0.3, 0.4) is 0 Å². The van der Waals surface area contributed by atoms with Crippen LogP contribution in [0.25, 0.3) is 0 Å². The van der Waals surface area contributed by atoms with Gasteiger partial charge in [0.25, 0.3) is 0 Å². The Balaban J connectivity index is 1.76. The summed E-state index contributed by atoms with van der Waals surface area (Å²) >= 11 is 9.69. The highest BCUT2D eigenvalue weighted by Crippen LogP contribution is 2.36. The number of nitrogens with one attached hydrogen (secondary N) is 1. The third kappa shape index (κ3) is 4.14. The molecule has 0 radical (unpaired) electrons. The molecule has 0 saturated heterocycles. The molecule has 5 heteroatoms. The molecule has 2 N–H and O–H groups in total. The van der Waals surface area contributed by atoms with Crippen LogP contribution in [0.1, 0.15) is 40.9 Å². The average molecular weight is 456 g/mol. The predicted octanol–water partition coefficient (Wildman–Crippen LogP) is 6.34. The van der Waals surface area contributed by atoms with Gasteiger partial charge in [-0.25, -0.2) is 0 Å². The molecule has 0 saturated carbocycles. The molecule has 3 aromatic carbocycles. The number of aliphatic imine (C=N–C) groups is 1. The number of halogens is 2. The van der Waals surface area contributed by atoms with Crippen molar-refractivity contribution in [3.8, 4) is 5.75 Å². The predicted molar refractivity (Wildman–Crippen MR) is 118 cm³/mol. The van der Waals surface area contributed by atoms with E-state index in [4.69, 9.17) is 16.6 Å². The summed E-state index contributed by atoms with van der Waals surface area (Å²) in [5, 5.41) is 14.6. The molecule has 3 nitrogen and oxygen atoms in total. The van der Waals surface area contributed by atoms with E-state index in [1.54, 1.807) is 12.1 Å². The normalized spacial score (nSPS) is 19.3. The second kappa shape index (κ2) is 8.08. The average Bonchev–Trinajstić information content (AvgIpc) is 2.70. The van der Waals surface area contributed by atoms with Crippen molar-refractivity contribution in [3.63, 3.8) is 0 Å². The molecule has 142 valence electrons. The van der Waals surface area contributed by atoms with Gasteiger partial charge in [-0.3, -0.25) is 10.3 Å². The van der Waals surface area contributed by atoms with Gasteiger partial charge in [0.1, 0.15) is 11.9 Å². The fraction of sp³-hybridized carbons (Fsp3) is 0.174. The van der Waals surface area contributed by atoms with Crippen LogP contribution in [0, 0.1) is 6.92 Å². The fourth-order valence-electron chi connectivity index (χ4n) is 3.45. The number of phenolic OH excluding ortho intramolecular Hbond substituents is 1. The lowest BCUT2D eigenvalue weighted by Gasteiger charge is -2.31. The lowest BCUT2D eigenvalue weighted by molar-refractivity contribution is 0.412. The topological polar surface area (TPSA) is 44.6 Å². The second-order valence-corrected chi connectivity index (χ2v) is 8.37. The molecule has 0 bridgehead atoms. The van der Waals surface area contributed by atoms with Gasteiger partial charge in [-0.1, -0.05) is 69.5 Å². The highest BCUT2D eigenvalue weighted by atomic mass is 79.9. The Morgan fingerprint density at radius 2 is 1.75 bits per heavy atom. The van der Waals surface area contributed by atoms with Crippen molar-refractivity contribution in [1.82, 2.24) is 5.32 Å². The third-order valence-electron chi connectivity index (χ3n) is 4.98. The van der Waals surface area contributed by atoms with Crippen LogP contribution < -0.4 is 5.32 Å². The van der Waals surface area contributed by atoms with Gasteiger partial charge in [0, 0.05) is 33.2 Å². The molecule has 4 rings (SSSR count). The highest BCUT2D eigenvalue weighted by molar-refractivity contribution is 9.10. The molecular weight excluding hydrogens is 436 g/mol. The van der Waals surface area contributed by atoms with Crippen LogP contribution in [0.2, 0.25) is 5.02 Å². The smallest absolute Gasteiger partial charge is 0.126 e. The summed E-state index contributed by atoms with van der Waals surface area (Å²) in [6.07, 6.45) is 0.464. The van der Waals surface area contributed by atoms with Gasteiger partial charge >= 0.3 is 0 Å². The summed E-state index contributed by atoms with van der Waals surface area (Å²) in [5.74, 6) is 0.238. The molecule has 28 heavy (non-hydrogen) atoms. The molecule has 2 atom stereocenters. The highest BCUT2D eigenvalue weighted by Gasteiger charge is 2.27. The molecule has 0 unspecified atom stereocenters. The fourth-order valence-corrected chi connectivity index (χ4v) is 3.89. The lowest BCUT2D eigenvalue weighted by Crippen LogP contribution is -2.33. The summed E-state index contributed by atoms with van der Waals surface area (Å²) in [7, 11) is 0. The molecule has 0 aliphatic carbocycles. The molecule has 0 amide bonds. The Hall–Kier alpha value is -2.14. The van der Waals surface area contributed by atoms with Crippen molar-refractivity contribution < 1.29 is 5.11 Å². The summed E-state index contributed by atoms with van der Waals surface area (Å²) in [5.41, 5.74) is 5.18. The van der Waals surface area contributed by atoms with Crippen LogP contribution in [0.15, 0.2) is 76.2 Å². The van der Waals surface area contributed by atoms with Crippen LogP contribution in [0.4, 0.5) is 0 Å². The Bertz CT molecular complexity index is 1020. The first-order valence-electron chi connectivity index (χ1n) is 9.13. The number of aromatic hydroxyl groups is 1. The number of hydrogen-bond donors (Lipinski definition) is 2. The number of nitrogens with zero attached hydrogens (tertiary/aromatic N) is 1. The summed E-state index contributed by atoms with van der Waals surface area (Å²) < 4.78 is 1.03. The first-order chi connectivity index (χ1) is 13.5. The number of rotatable bonds is 3. The standard InChI is InChI=1S/C23H20BrClN2O/c1-14-2-4-15(5-3-14)20-13-21(19-12-18(25)10-11-22(19)28)27-23(26-20)16-6-8-17(24)9-7-16/h2-12,21,23,27-28H,13H2,1H3/t21-,23+/m1/s1. The Morgan fingerprint density at radius 1 is 1.04 bits per heavy atom. The van der Waals surface area contributed by atoms with Crippen molar-refractivity contribution in [2.45, 2.75) is 25.6 Å². The van der Waals surface area contributed by atoms with E-state index in [1.807, 2.05) is 18.2 Å². The van der Waals surface area contributed by atoms with E-state index in [9.17, 15) is 5.11 Å². The van der Waals surface area contributed by atoms with Crippen molar-refractivity contribution >= 4 is 33.2 Å². The van der Waals surface area contributed by atoms with Crippen LogP contribution in [0.5, 0.6) is 5.75 Å². The lowest BCUT2D eigenvalue weighted by atomic mass is 9.93. The largest absolute Gasteiger partial charge is 0.508 e. The second-order valence-electron chi connectivity index (χ2n) is 7.02. The van der Waals surface area contributed by atoms with Gasteiger partial charge in [-0.15, -0.1) is 0 Å². The molecule has 1 aliphatic rings.